The number of nitrogens with zero attached hydrogens (tertiary/aromatic N) is 3. The van der Waals surface area contributed by atoms with Crippen molar-refractivity contribution in [1.29, 1.82) is 0 Å². The van der Waals surface area contributed by atoms with Gasteiger partial charge in [0.1, 0.15) is 5.82 Å². The van der Waals surface area contributed by atoms with Crippen molar-refractivity contribution in [3.63, 3.8) is 0 Å². The summed E-state index contributed by atoms with van der Waals surface area (Å²) in [6.45, 7) is 0.162. The number of aromatic nitrogens is 3. The van der Waals surface area contributed by atoms with Crippen molar-refractivity contribution < 1.29 is 23.0 Å². The maximum Gasteiger partial charge on any atom is 0.251 e. The molecular weight excluding hydrogens is 394 g/mol. The van der Waals surface area contributed by atoms with Crippen LogP contribution in [0.4, 0.5) is 8.78 Å². The van der Waals surface area contributed by atoms with Crippen molar-refractivity contribution in [3.8, 4) is 22.8 Å². The third-order valence-corrected chi connectivity index (χ3v) is 4.71. The third-order valence-electron chi connectivity index (χ3n) is 4.71. The number of ether oxygens (including phenoxy) is 2. The molecule has 7 nitrogen and oxygen atoms in total. The molecule has 1 aliphatic heterocycles. The fourth-order valence-corrected chi connectivity index (χ4v) is 3.26. The summed E-state index contributed by atoms with van der Waals surface area (Å²) >= 11 is 0. The van der Waals surface area contributed by atoms with E-state index in [1.807, 2.05) is 0 Å². The SMILES string of the molecule is O=C(NCc1c(-c2ccc3c(c2)OCO3)nc2ccc(F)nn12)c1ccc(F)cc1. The Bertz CT molecular complexity index is 1270. The Morgan fingerprint density at radius 2 is 1.83 bits per heavy atom. The Morgan fingerprint density at radius 3 is 2.67 bits per heavy atom. The zero-order valence-electron chi connectivity index (χ0n) is 15.4. The van der Waals surface area contributed by atoms with E-state index < -0.39 is 17.7 Å². The fraction of sp³-hybridized carbons (Fsp3) is 0.0952. The molecule has 1 aliphatic rings. The maximum absolute atomic E-state index is 13.8. The van der Waals surface area contributed by atoms with Crippen LogP contribution in [0.1, 0.15) is 16.1 Å². The second-order valence-electron chi connectivity index (χ2n) is 6.59. The van der Waals surface area contributed by atoms with Gasteiger partial charge in [-0.2, -0.15) is 4.39 Å². The molecule has 0 aliphatic carbocycles. The van der Waals surface area contributed by atoms with E-state index >= 15 is 0 Å². The van der Waals surface area contributed by atoms with Crippen molar-refractivity contribution in [3.05, 3.63) is 77.6 Å². The summed E-state index contributed by atoms with van der Waals surface area (Å²) in [5, 5.41) is 6.64. The van der Waals surface area contributed by atoms with Crippen molar-refractivity contribution in [2.24, 2.45) is 0 Å². The largest absolute Gasteiger partial charge is 0.454 e. The number of halogens is 2. The summed E-state index contributed by atoms with van der Waals surface area (Å²) in [7, 11) is 0. The van der Waals surface area contributed by atoms with E-state index in [9.17, 15) is 13.6 Å². The molecule has 9 heteroatoms. The van der Waals surface area contributed by atoms with Gasteiger partial charge in [-0.3, -0.25) is 4.79 Å². The lowest BCUT2D eigenvalue weighted by Crippen LogP contribution is -2.24. The highest BCUT2D eigenvalue weighted by Gasteiger charge is 2.20. The van der Waals surface area contributed by atoms with E-state index in [1.54, 1.807) is 18.2 Å². The van der Waals surface area contributed by atoms with Crippen LogP contribution in [0.5, 0.6) is 11.5 Å². The van der Waals surface area contributed by atoms with Gasteiger partial charge in [0.15, 0.2) is 17.1 Å². The van der Waals surface area contributed by atoms with Crippen LogP contribution in [0.2, 0.25) is 0 Å². The standard InChI is InChI=1S/C21H14F2N4O3/c22-14-4-1-12(2-5-14)21(28)24-10-15-20(25-19-8-7-18(23)26-27(15)19)13-3-6-16-17(9-13)30-11-29-16/h1-9H,10-11H2,(H,24,28). The Morgan fingerprint density at radius 1 is 1.03 bits per heavy atom. The van der Waals surface area contributed by atoms with Crippen LogP contribution in [-0.2, 0) is 6.54 Å². The number of hydrogen-bond acceptors (Lipinski definition) is 5. The van der Waals surface area contributed by atoms with Crippen LogP contribution >= 0.6 is 0 Å². The van der Waals surface area contributed by atoms with E-state index in [1.165, 1.54) is 40.9 Å². The van der Waals surface area contributed by atoms with Gasteiger partial charge >= 0.3 is 0 Å². The molecule has 0 spiro atoms. The van der Waals surface area contributed by atoms with Crippen LogP contribution < -0.4 is 14.8 Å². The molecule has 0 fully saturated rings. The lowest BCUT2D eigenvalue weighted by molar-refractivity contribution is 0.0950. The molecule has 0 unspecified atom stereocenters. The second-order valence-corrected chi connectivity index (χ2v) is 6.59. The molecule has 5 rings (SSSR count). The molecule has 0 atom stereocenters. The average Bonchev–Trinajstić information content (AvgIpc) is 3.36. The minimum Gasteiger partial charge on any atom is -0.454 e. The van der Waals surface area contributed by atoms with Gasteiger partial charge in [-0.1, -0.05) is 0 Å². The Balaban J connectivity index is 1.52. The molecule has 2 aromatic heterocycles. The second kappa shape index (κ2) is 7.11. The number of fused-ring (bicyclic) bond motifs is 2. The predicted molar refractivity (Wildman–Crippen MR) is 102 cm³/mol. The van der Waals surface area contributed by atoms with Gasteiger partial charge < -0.3 is 14.8 Å². The molecule has 0 saturated heterocycles. The minimum atomic E-state index is -0.678. The zero-order chi connectivity index (χ0) is 20.7. The van der Waals surface area contributed by atoms with Crippen molar-refractivity contribution in [2.75, 3.05) is 6.79 Å². The van der Waals surface area contributed by atoms with Crippen LogP contribution in [0.15, 0.2) is 54.6 Å². The molecular formula is C21H14F2N4O3. The van der Waals surface area contributed by atoms with E-state index in [-0.39, 0.29) is 13.3 Å². The van der Waals surface area contributed by atoms with Crippen molar-refractivity contribution in [1.82, 2.24) is 19.9 Å². The van der Waals surface area contributed by atoms with E-state index in [4.69, 9.17) is 9.47 Å². The molecule has 150 valence electrons. The van der Waals surface area contributed by atoms with Gasteiger partial charge in [-0.05, 0) is 54.6 Å². The van der Waals surface area contributed by atoms with Crippen molar-refractivity contribution in [2.45, 2.75) is 6.54 Å². The zero-order valence-corrected chi connectivity index (χ0v) is 15.4. The fourth-order valence-electron chi connectivity index (χ4n) is 3.26. The molecule has 2 aromatic carbocycles. The summed E-state index contributed by atoms with van der Waals surface area (Å²) in [5.74, 6) is -0.317. The highest BCUT2D eigenvalue weighted by atomic mass is 19.1. The molecule has 3 heterocycles. The maximum atomic E-state index is 13.8. The third kappa shape index (κ3) is 3.20. The Kier molecular flexibility index (Phi) is 4.27. The molecule has 4 aromatic rings. The van der Waals surface area contributed by atoms with Gasteiger partial charge in [0.2, 0.25) is 12.7 Å². The van der Waals surface area contributed by atoms with E-state index in [0.717, 1.165) is 0 Å². The van der Waals surface area contributed by atoms with Crippen LogP contribution in [0.3, 0.4) is 0 Å². The van der Waals surface area contributed by atoms with E-state index in [0.29, 0.717) is 39.7 Å². The van der Waals surface area contributed by atoms with Gasteiger partial charge in [0.25, 0.3) is 5.91 Å². The first kappa shape index (κ1) is 18.0. The van der Waals surface area contributed by atoms with E-state index in [2.05, 4.69) is 15.4 Å². The minimum absolute atomic E-state index is 0.0254. The molecule has 30 heavy (non-hydrogen) atoms. The lowest BCUT2D eigenvalue weighted by atomic mass is 10.1. The first-order valence-corrected chi connectivity index (χ1v) is 9.06. The van der Waals surface area contributed by atoms with Crippen molar-refractivity contribution >= 4 is 11.6 Å². The predicted octanol–water partition coefficient (Wildman–Crippen LogP) is 3.33. The van der Waals surface area contributed by atoms with Gasteiger partial charge in [0.05, 0.1) is 17.9 Å². The first-order valence-electron chi connectivity index (χ1n) is 9.06. The highest BCUT2D eigenvalue weighted by molar-refractivity contribution is 5.94. The highest BCUT2D eigenvalue weighted by Crippen LogP contribution is 2.36. The normalized spacial score (nSPS) is 12.3. The first-order chi connectivity index (χ1) is 14.6. The summed E-state index contributed by atoms with van der Waals surface area (Å²) in [6.07, 6.45) is 0. The van der Waals surface area contributed by atoms with Gasteiger partial charge in [-0.15, -0.1) is 5.10 Å². The summed E-state index contributed by atoms with van der Waals surface area (Å²) < 4.78 is 39.0. The lowest BCUT2D eigenvalue weighted by Gasteiger charge is -2.08. The molecule has 0 radical (unpaired) electrons. The smallest absolute Gasteiger partial charge is 0.251 e. The number of nitrogens with one attached hydrogen (secondary N) is 1. The van der Waals surface area contributed by atoms with Crippen LogP contribution in [0.25, 0.3) is 16.9 Å². The summed E-state index contributed by atoms with van der Waals surface area (Å²) in [6, 6.07) is 13.2. The number of hydrogen-bond donors (Lipinski definition) is 1. The Hall–Kier alpha value is -4.01. The van der Waals surface area contributed by atoms with Gasteiger partial charge in [0, 0.05) is 11.1 Å². The summed E-state index contributed by atoms with van der Waals surface area (Å²) in [5.41, 5.74) is 2.44. The van der Waals surface area contributed by atoms with Crippen LogP contribution in [-0.4, -0.2) is 27.3 Å². The molecule has 0 bridgehead atoms. The Labute approximate surface area is 168 Å². The molecule has 1 N–H and O–H groups in total. The molecule has 0 saturated carbocycles. The monoisotopic (exact) mass is 408 g/mol. The average molecular weight is 408 g/mol. The number of carbonyl (C=O) groups excluding carboxylic acids is 1. The number of carbonyl (C=O) groups is 1. The summed E-state index contributed by atoms with van der Waals surface area (Å²) in [4.78, 5) is 17.0. The van der Waals surface area contributed by atoms with Crippen LogP contribution in [0, 0.1) is 11.8 Å². The number of imidazole rings is 1. The number of amides is 1. The topological polar surface area (TPSA) is 77.8 Å². The molecule has 1 amide bonds. The number of benzene rings is 2. The quantitative estimate of drug-likeness (QED) is 0.561. The van der Waals surface area contributed by atoms with Gasteiger partial charge in [-0.25, -0.2) is 13.9 Å². The number of rotatable bonds is 4.